The molecule has 0 radical (unpaired) electrons. The topological polar surface area (TPSA) is 92.7 Å². The maximum Gasteiger partial charge on any atom is 0.317 e. The minimum atomic E-state index is -3.52. The van der Waals surface area contributed by atoms with Crippen molar-refractivity contribution in [2.75, 3.05) is 27.2 Å². The first-order valence-corrected chi connectivity index (χ1v) is 10.9. The number of hydrogen-bond acceptors (Lipinski definition) is 6. The fraction of sp³-hybridized carbons (Fsp3) is 0.450. The van der Waals surface area contributed by atoms with E-state index in [0.29, 0.717) is 24.7 Å². The van der Waals surface area contributed by atoms with Gasteiger partial charge in [-0.1, -0.05) is 0 Å². The van der Waals surface area contributed by atoms with E-state index < -0.39 is 10.0 Å². The number of rotatable bonds is 5. The molecule has 1 aromatic heterocycles. The van der Waals surface area contributed by atoms with Gasteiger partial charge in [-0.2, -0.15) is 0 Å². The van der Waals surface area contributed by atoms with Crippen molar-refractivity contribution in [3.05, 3.63) is 47.3 Å². The van der Waals surface area contributed by atoms with E-state index in [4.69, 9.17) is 4.74 Å². The molecule has 29 heavy (non-hydrogen) atoms. The van der Waals surface area contributed by atoms with Crippen LogP contribution in [0.5, 0.6) is 6.01 Å². The Morgan fingerprint density at radius 3 is 2.34 bits per heavy atom. The quantitative estimate of drug-likeness (QED) is 0.738. The van der Waals surface area contributed by atoms with E-state index in [9.17, 15) is 13.2 Å². The number of aromatic nitrogens is 2. The monoisotopic (exact) mass is 418 g/mol. The van der Waals surface area contributed by atoms with Gasteiger partial charge in [0.05, 0.1) is 11.4 Å². The lowest BCUT2D eigenvalue weighted by atomic mass is 10.1. The summed E-state index contributed by atoms with van der Waals surface area (Å²) in [6.07, 6.45) is 1.45. The zero-order valence-electron chi connectivity index (χ0n) is 17.1. The Morgan fingerprint density at radius 2 is 1.76 bits per heavy atom. The third kappa shape index (κ3) is 4.91. The summed E-state index contributed by atoms with van der Waals surface area (Å²) in [6, 6.07) is 8.24. The second-order valence-corrected chi connectivity index (χ2v) is 9.53. The van der Waals surface area contributed by atoms with Crippen molar-refractivity contribution in [3.63, 3.8) is 0 Å². The van der Waals surface area contributed by atoms with Crippen molar-refractivity contribution in [3.8, 4) is 6.01 Å². The molecular formula is C20H26N4O4S. The molecule has 0 saturated carbocycles. The van der Waals surface area contributed by atoms with Gasteiger partial charge in [0.2, 0.25) is 10.0 Å². The molecule has 1 aromatic carbocycles. The van der Waals surface area contributed by atoms with Crippen molar-refractivity contribution in [1.29, 1.82) is 0 Å². The van der Waals surface area contributed by atoms with Crippen LogP contribution < -0.4 is 4.74 Å². The molecule has 8 nitrogen and oxygen atoms in total. The number of sulfonamides is 1. The number of likely N-dealkylation sites (tertiary alicyclic amines) is 1. The van der Waals surface area contributed by atoms with Crippen molar-refractivity contribution in [2.24, 2.45) is 0 Å². The van der Waals surface area contributed by atoms with Gasteiger partial charge in [-0.05, 0) is 57.0 Å². The number of aryl methyl sites for hydroxylation is 2. The molecule has 0 spiro atoms. The molecule has 1 aliphatic heterocycles. The van der Waals surface area contributed by atoms with Crippen LogP contribution in [0, 0.1) is 13.8 Å². The van der Waals surface area contributed by atoms with Crippen LogP contribution in [-0.2, 0) is 10.0 Å². The zero-order valence-corrected chi connectivity index (χ0v) is 17.9. The van der Waals surface area contributed by atoms with Crippen molar-refractivity contribution in [1.82, 2.24) is 19.2 Å². The number of nitrogens with zero attached hydrogens (tertiary/aromatic N) is 4. The molecule has 1 unspecified atom stereocenters. The van der Waals surface area contributed by atoms with Gasteiger partial charge in [0.1, 0.15) is 6.10 Å². The normalized spacial score (nSPS) is 17.4. The number of piperidine rings is 1. The van der Waals surface area contributed by atoms with Gasteiger partial charge in [-0.3, -0.25) is 4.79 Å². The highest BCUT2D eigenvalue weighted by atomic mass is 32.2. The van der Waals surface area contributed by atoms with Gasteiger partial charge >= 0.3 is 6.01 Å². The van der Waals surface area contributed by atoms with Crippen molar-refractivity contribution in [2.45, 2.75) is 37.7 Å². The number of ether oxygens (including phenoxy) is 1. The Kier molecular flexibility index (Phi) is 6.18. The van der Waals surface area contributed by atoms with Crippen LogP contribution >= 0.6 is 0 Å². The van der Waals surface area contributed by atoms with E-state index in [1.165, 1.54) is 26.2 Å². The Bertz CT molecular complexity index is 970. The SMILES string of the molecule is Cc1cc(C)nc(OC2CCCN(C(=O)c3ccc(S(=O)(=O)N(C)C)cc3)C2)n1. The highest BCUT2D eigenvalue weighted by Gasteiger charge is 2.27. The summed E-state index contributed by atoms with van der Waals surface area (Å²) in [5.74, 6) is -0.145. The summed E-state index contributed by atoms with van der Waals surface area (Å²) in [4.78, 5) is 23.4. The van der Waals surface area contributed by atoms with E-state index >= 15 is 0 Å². The Hall–Kier alpha value is -2.52. The van der Waals surface area contributed by atoms with Crippen LogP contribution in [0.1, 0.15) is 34.6 Å². The molecule has 0 aliphatic carbocycles. The molecule has 1 fully saturated rings. The summed E-state index contributed by atoms with van der Waals surface area (Å²) in [5.41, 5.74) is 2.12. The van der Waals surface area contributed by atoms with E-state index in [2.05, 4.69) is 9.97 Å². The van der Waals surface area contributed by atoms with Gasteiger partial charge in [0, 0.05) is 37.6 Å². The molecular weight excluding hydrogens is 392 g/mol. The molecule has 2 heterocycles. The van der Waals surface area contributed by atoms with Gasteiger partial charge in [-0.15, -0.1) is 0 Å². The van der Waals surface area contributed by atoms with Crippen LogP contribution in [0.25, 0.3) is 0 Å². The van der Waals surface area contributed by atoms with Gasteiger partial charge in [0.25, 0.3) is 5.91 Å². The van der Waals surface area contributed by atoms with Crippen molar-refractivity contribution < 1.29 is 17.9 Å². The number of carbonyl (C=O) groups excluding carboxylic acids is 1. The first-order valence-electron chi connectivity index (χ1n) is 9.47. The highest BCUT2D eigenvalue weighted by molar-refractivity contribution is 7.89. The number of benzene rings is 1. The summed E-state index contributed by atoms with van der Waals surface area (Å²) in [6.45, 7) is 4.84. The second-order valence-electron chi connectivity index (χ2n) is 7.38. The van der Waals surface area contributed by atoms with Crippen molar-refractivity contribution >= 4 is 15.9 Å². The Morgan fingerprint density at radius 1 is 1.14 bits per heavy atom. The fourth-order valence-corrected chi connectivity index (χ4v) is 4.18. The highest BCUT2D eigenvalue weighted by Crippen LogP contribution is 2.20. The predicted molar refractivity (Wildman–Crippen MR) is 108 cm³/mol. The first kappa shape index (κ1) is 21.2. The van der Waals surface area contributed by atoms with E-state index in [-0.39, 0.29) is 16.9 Å². The summed E-state index contributed by atoms with van der Waals surface area (Å²) in [7, 11) is -0.572. The van der Waals surface area contributed by atoms with E-state index in [1.54, 1.807) is 17.0 Å². The second kappa shape index (κ2) is 8.46. The molecule has 1 amide bonds. The molecule has 3 rings (SSSR count). The van der Waals surface area contributed by atoms with Crippen LogP contribution in [0.3, 0.4) is 0 Å². The summed E-state index contributed by atoms with van der Waals surface area (Å²) < 4.78 is 31.4. The van der Waals surface area contributed by atoms with Gasteiger partial charge in [0.15, 0.2) is 0 Å². The Balaban J connectivity index is 1.69. The Labute approximate surface area is 171 Å². The molecule has 9 heteroatoms. The summed E-state index contributed by atoms with van der Waals surface area (Å²) in [5, 5.41) is 0. The van der Waals surface area contributed by atoms with E-state index in [0.717, 1.165) is 28.5 Å². The minimum absolute atomic E-state index is 0.145. The lowest BCUT2D eigenvalue weighted by Crippen LogP contribution is -2.44. The number of carbonyl (C=O) groups is 1. The number of hydrogen-bond donors (Lipinski definition) is 0. The third-order valence-electron chi connectivity index (χ3n) is 4.78. The summed E-state index contributed by atoms with van der Waals surface area (Å²) >= 11 is 0. The lowest BCUT2D eigenvalue weighted by molar-refractivity contribution is 0.0515. The standard InChI is InChI=1S/C20H26N4O4S/c1-14-12-15(2)22-20(21-14)28-17-6-5-11-24(13-17)19(25)16-7-9-18(10-8-16)29(26,27)23(3)4/h7-10,12,17H,5-6,11,13H2,1-4H3. The average molecular weight is 419 g/mol. The number of amides is 1. The molecule has 1 aliphatic rings. The van der Waals surface area contributed by atoms with E-state index in [1.807, 2.05) is 19.9 Å². The molecule has 2 aromatic rings. The molecule has 156 valence electrons. The maximum atomic E-state index is 12.9. The molecule has 0 N–H and O–H groups in total. The molecule has 0 bridgehead atoms. The van der Waals surface area contributed by atoms with Crippen LogP contribution in [-0.4, -0.2) is 66.8 Å². The smallest absolute Gasteiger partial charge is 0.317 e. The molecule has 1 saturated heterocycles. The first-order chi connectivity index (χ1) is 13.7. The zero-order chi connectivity index (χ0) is 21.2. The van der Waals surface area contributed by atoms with Gasteiger partial charge in [-0.25, -0.2) is 22.7 Å². The minimum Gasteiger partial charge on any atom is -0.458 e. The predicted octanol–water partition coefficient (Wildman–Crippen LogP) is 2.03. The molecule has 1 atom stereocenters. The van der Waals surface area contributed by atoms with Crippen LogP contribution in [0.4, 0.5) is 0 Å². The maximum absolute atomic E-state index is 12.9. The average Bonchev–Trinajstić information content (AvgIpc) is 2.67. The van der Waals surface area contributed by atoms with Crippen LogP contribution in [0.2, 0.25) is 0 Å². The van der Waals surface area contributed by atoms with Gasteiger partial charge < -0.3 is 9.64 Å². The van der Waals surface area contributed by atoms with Crippen LogP contribution in [0.15, 0.2) is 35.2 Å². The largest absolute Gasteiger partial charge is 0.458 e. The lowest BCUT2D eigenvalue weighted by Gasteiger charge is -2.32. The third-order valence-corrected chi connectivity index (χ3v) is 6.61. The fourth-order valence-electron chi connectivity index (χ4n) is 3.28.